The van der Waals surface area contributed by atoms with Crippen LogP contribution in [0.15, 0.2) is 24.3 Å². The van der Waals surface area contributed by atoms with E-state index in [-0.39, 0.29) is 6.42 Å². The normalized spacial score (nSPS) is 21.7. The Morgan fingerprint density at radius 1 is 1.26 bits per heavy atom. The van der Waals surface area contributed by atoms with E-state index in [0.717, 1.165) is 43.8 Å². The minimum absolute atomic E-state index is 0.265. The second kappa shape index (κ2) is 6.60. The van der Waals surface area contributed by atoms with Crippen LogP contribution in [0, 0.1) is 5.92 Å². The highest BCUT2D eigenvalue weighted by molar-refractivity contribution is 5.66. The number of ether oxygens (including phenoxy) is 1. The van der Waals surface area contributed by atoms with Crippen LogP contribution in [0.3, 0.4) is 0 Å². The fourth-order valence-electron chi connectivity index (χ4n) is 2.46. The molecule has 0 amide bonds. The van der Waals surface area contributed by atoms with E-state index in [4.69, 9.17) is 9.84 Å². The van der Waals surface area contributed by atoms with E-state index in [2.05, 4.69) is 19.1 Å². The molecule has 0 heterocycles. The van der Waals surface area contributed by atoms with Gasteiger partial charge >= 0.3 is 5.97 Å². The summed E-state index contributed by atoms with van der Waals surface area (Å²) in [5, 5.41) is 8.56. The van der Waals surface area contributed by atoms with Gasteiger partial charge in [0.05, 0.1) is 6.10 Å². The van der Waals surface area contributed by atoms with Crippen LogP contribution in [0.25, 0.3) is 0 Å². The van der Waals surface area contributed by atoms with Crippen LogP contribution >= 0.6 is 0 Å². The SMILES string of the molecule is CC1CC(Oc2ccc(CCCCC(=O)O)cc2)C1. The van der Waals surface area contributed by atoms with Gasteiger partial charge in [-0.1, -0.05) is 19.1 Å². The second-order valence-corrected chi connectivity index (χ2v) is 5.56. The quantitative estimate of drug-likeness (QED) is 0.763. The zero-order valence-electron chi connectivity index (χ0n) is 11.5. The number of carboxylic acid groups (broad SMARTS) is 1. The summed E-state index contributed by atoms with van der Waals surface area (Å²) in [6.07, 6.45) is 5.60. The van der Waals surface area contributed by atoms with Crippen molar-refractivity contribution >= 4 is 5.97 Å². The zero-order chi connectivity index (χ0) is 13.7. The number of rotatable bonds is 7. The molecule has 2 rings (SSSR count). The molecule has 0 saturated heterocycles. The number of hydrogen-bond donors (Lipinski definition) is 1. The number of benzene rings is 1. The molecule has 0 spiro atoms. The summed E-state index contributed by atoms with van der Waals surface area (Å²) in [7, 11) is 0. The highest BCUT2D eigenvalue weighted by Crippen LogP contribution is 2.30. The molecule has 0 radical (unpaired) electrons. The summed E-state index contributed by atoms with van der Waals surface area (Å²) in [5.41, 5.74) is 1.25. The maximum absolute atomic E-state index is 10.4. The minimum atomic E-state index is -0.710. The molecule has 19 heavy (non-hydrogen) atoms. The molecular weight excluding hydrogens is 240 g/mol. The summed E-state index contributed by atoms with van der Waals surface area (Å²) < 4.78 is 5.86. The average molecular weight is 262 g/mol. The molecule has 0 aromatic heterocycles. The molecule has 1 aromatic carbocycles. The second-order valence-electron chi connectivity index (χ2n) is 5.56. The van der Waals surface area contributed by atoms with Gasteiger partial charge in [0.1, 0.15) is 5.75 Å². The van der Waals surface area contributed by atoms with Crippen molar-refractivity contribution in [1.29, 1.82) is 0 Å². The molecule has 1 saturated carbocycles. The van der Waals surface area contributed by atoms with Crippen LogP contribution in [0.5, 0.6) is 5.75 Å². The van der Waals surface area contributed by atoms with E-state index in [9.17, 15) is 4.79 Å². The first-order valence-corrected chi connectivity index (χ1v) is 7.11. The van der Waals surface area contributed by atoms with E-state index in [1.807, 2.05) is 12.1 Å². The van der Waals surface area contributed by atoms with Gasteiger partial charge < -0.3 is 9.84 Å². The van der Waals surface area contributed by atoms with Crippen molar-refractivity contribution in [2.75, 3.05) is 0 Å². The molecule has 104 valence electrons. The molecule has 1 fully saturated rings. The maximum atomic E-state index is 10.4. The van der Waals surface area contributed by atoms with Gasteiger partial charge in [-0.3, -0.25) is 4.79 Å². The zero-order valence-corrected chi connectivity index (χ0v) is 11.5. The largest absolute Gasteiger partial charge is 0.490 e. The number of unbranched alkanes of at least 4 members (excludes halogenated alkanes) is 1. The molecule has 1 aliphatic rings. The molecule has 0 aliphatic heterocycles. The van der Waals surface area contributed by atoms with Crippen molar-refractivity contribution in [2.45, 2.75) is 51.6 Å². The highest BCUT2D eigenvalue weighted by atomic mass is 16.5. The molecule has 3 heteroatoms. The van der Waals surface area contributed by atoms with Crippen LogP contribution < -0.4 is 4.74 Å². The van der Waals surface area contributed by atoms with Crippen molar-refractivity contribution in [3.8, 4) is 5.75 Å². The van der Waals surface area contributed by atoms with Gasteiger partial charge in [-0.15, -0.1) is 0 Å². The fraction of sp³-hybridized carbons (Fsp3) is 0.562. The number of hydrogen-bond acceptors (Lipinski definition) is 2. The number of carbonyl (C=O) groups is 1. The number of carboxylic acids is 1. The average Bonchev–Trinajstić information content (AvgIpc) is 2.34. The summed E-state index contributed by atoms with van der Waals surface area (Å²) in [5.74, 6) is 1.04. The van der Waals surface area contributed by atoms with Gasteiger partial charge in [-0.05, 0) is 55.7 Å². The molecular formula is C16H22O3. The summed E-state index contributed by atoms with van der Waals surface area (Å²) in [4.78, 5) is 10.4. The molecule has 1 aliphatic carbocycles. The molecule has 0 atom stereocenters. The lowest BCUT2D eigenvalue weighted by atomic mass is 9.84. The topological polar surface area (TPSA) is 46.5 Å². The Morgan fingerprint density at radius 2 is 1.95 bits per heavy atom. The smallest absolute Gasteiger partial charge is 0.303 e. The Hall–Kier alpha value is -1.51. The Bertz CT molecular complexity index is 405. The van der Waals surface area contributed by atoms with E-state index in [1.54, 1.807) is 0 Å². The lowest BCUT2D eigenvalue weighted by molar-refractivity contribution is -0.137. The van der Waals surface area contributed by atoms with Crippen LogP contribution in [-0.4, -0.2) is 17.2 Å². The maximum Gasteiger partial charge on any atom is 0.303 e. The van der Waals surface area contributed by atoms with Gasteiger partial charge in [0.25, 0.3) is 0 Å². The molecule has 3 nitrogen and oxygen atoms in total. The summed E-state index contributed by atoms with van der Waals surface area (Å²) >= 11 is 0. The fourth-order valence-corrected chi connectivity index (χ4v) is 2.46. The van der Waals surface area contributed by atoms with Gasteiger partial charge in [0.2, 0.25) is 0 Å². The van der Waals surface area contributed by atoms with Gasteiger partial charge in [-0.25, -0.2) is 0 Å². The number of aryl methyl sites for hydroxylation is 1. The van der Waals surface area contributed by atoms with Gasteiger partial charge in [0.15, 0.2) is 0 Å². The lowest BCUT2D eigenvalue weighted by Gasteiger charge is -2.32. The summed E-state index contributed by atoms with van der Waals surface area (Å²) in [6, 6.07) is 8.21. The Kier molecular flexibility index (Phi) is 4.83. The molecule has 0 bridgehead atoms. The highest BCUT2D eigenvalue weighted by Gasteiger charge is 2.26. The Balaban J connectivity index is 1.70. The standard InChI is InChI=1S/C16H22O3/c1-12-10-15(11-12)19-14-8-6-13(7-9-14)4-2-3-5-16(17)18/h6-9,12,15H,2-5,10-11H2,1H3,(H,17,18). The third-order valence-corrected chi connectivity index (χ3v) is 3.66. The molecule has 1 aromatic rings. The third-order valence-electron chi connectivity index (χ3n) is 3.66. The first-order chi connectivity index (χ1) is 9.13. The van der Waals surface area contributed by atoms with E-state index >= 15 is 0 Å². The predicted octanol–water partition coefficient (Wildman–Crippen LogP) is 3.66. The molecule has 1 N–H and O–H groups in total. The van der Waals surface area contributed by atoms with Crippen molar-refractivity contribution in [1.82, 2.24) is 0 Å². The Labute approximate surface area is 114 Å². The number of aliphatic carboxylic acids is 1. The van der Waals surface area contributed by atoms with E-state index in [1.165, 1.54) is 5.56 Å². The van der Waals surface area contributed by atoms with Crippen molar-refractivity contribution in [3.63, 3.8) is 0 Å². The van der Waals surface area contributed by atoms with E-state index in [0.29, 0.717) is 6.10 Å². The summed E-state index contributed by atoms with van der Waals surface area (Å²) in [6.45, 7) is 2.25. The van der Waals surface area contributed by atoms with Crippen LogP contribution in [-0.2, 0) is 11.2 Å². The first-order valence-electron chi connectivity index (χ1n) is 7.11. The molecule has 0 unspecified atom stereocenters. The predicted molar refractivity (Wildman–Crippen MR) is 74.4 cm³/mol. The van der Waals surface area contributed by atoms with E-state index < -0.39 is 5.97 Å². The lowest BCUT2D eigenvalue weighted by Crippen LogP contribution is -2.31. The van der Waals surface area contributed by atoms with Crippen molar-refractivity contribution < 1.29 is 14.6 Å². The third kappa shape index (κ3) is 4.58. The monoisotopic (exact) mass is 262 g/mol. The van der Waals surface area contributed by atoms with Crippen molar-refractivity contribution in [2.24, 2.45) is 5.92 Å². The van der Waals surface area contributed by atoms with Crippen molar-refractivity contribution in [3.05, 3.63) is 29.8 Å². The van der Waals surface area contributed by atoms with Crippen LogP contribution in [0.2, 0.25) is 0 Å². The van der Waals surface area contributed by atoms with Crippen LogP contribution in [0.1, 0.15) is 44.6 Å². The Morgan fingerprint density at radius 3 is 2.53 bits per heavy atom. The van der Waals surface area contributed by atoms with Crippen LogP contribution in [0.4, 0.5) is 0 Å². The first kappa shape index (κ1) is 13.9. The minimum Gasteiger partial charge on any atom is -0.490 e. The van der Waals surface area contributed by atoms with Gasteiger partial charge in [-0.2, -0.15) is 0 Å². The van der Waals surface area contributed by atoms with Gasteiger partial charge in [0, 0.05) is 6.42 Å².